The van der Waals surface area contributed by atoms with Crippen molar-refractivity contribution in [1.29, 1.82) is 0 Å². The van der Waals surface area contributed by atoms with Crippen molar-refractivity contribution < 1.29 is 0 Å². The molecule has 0 aliphatic heterocycles. The second-order valence-corrected chi connectivity index (χ2v) is 7.03. The molecule has 1 heterocycles. The van der Waals surface area contributed by atoms with Crippen molar-refractivity contribution in [2.75, 3.05) is 7.05 Å². The minimum Gasteiger partial charge on any atom is -0.316 e. The van der Waals surface area contributed by atoms with Crippen LogP contribution in [0.1, 0.15) is 57.8 Å². The highest BCUT2D eigenvalue weighted by Gasteiger charge is 2.37. The van der Waals surface area contributed by atoms with E-state index in [4.69, 9.17) is 0 Å². The molecular weight excluding hydrogens is 246 g/mol. The Balaban J connectivity index is 2.15. The van der Waals surface area contributed by atoms with Gasteiger partial charge in [-0.1, -0.05) is 26.7 Å². The molecule has 1 fully saturated rings. The predicted octanol–water partition coefficient (Wildman–Crippen LogP) is 3.56. The molecule has 114 valence electrons. The van der Waals surface area contributed by atoms with Gasteiger partial charge in [-0.2, -0.15) is 5.10 Å². The number of aryl methyl sites for hydroxylation is 2. The third-order valence-corrected chi connectivity index (χ3v) is 5.16. The lowest BCUT2D eigenvalue weighted by atomic mass is 9.65. The summed E-state index contributed by atoms with van der Waals surface area (Å²) in [5.74, 6) is 0.766. The maximum absolute atomic E-state index is 4.59. The van der Waals surface area contributed by atoms with Crippen LogP contribution < -0.4 is 5.32 Å². The number of nitrogens with one attached hydrogen (secondary N) is 1. The fraction of sp³-hybridized carbons (Fsp3) is 0.824. The summed E-state index contributed by atoms with van der Waals surface area (Å²) in [5, 5.41) is 8.18. The Morgan fingerprint density at radius 2 is 2.20 bits per heavy atom. The van der Waals surface area contributed by atoms with E-state index in [0.717, 1.165) is 24.6 Å². The van der Waals surface area contributed by atoms with Crippen molar-refractivity contribution in [3.8, 4) is 0 Å². The van der Waals surface area contributed by atoms with Gasteiger partial charge in [0.1, 0.15) is 0 Å². The summed E-state index contributed by atoms with van der Waals surface area (Å²) in [5.41, 5.74) is 2.98. The monoisotopic (exact) mass is 277 g/mol. The Labute approximate surface area is 124 Å². The number of likely N-dealkylation sites (N-methyl/N-ethyl adjacent to an activating group) is 1. The minimum absolute atomic E-state index is 0.456. The fourth-order valence-corrected chi connectivity index (χ4v) is 3.97. The molecular formula is C17H31N3. The van der Waals surface area contributed by atoms with Crippen LogP contribution in [0.15, 0.2) is 6.07 Å². The lowest BCUT2D eigenvalue weighted by molar-refractivity contribution is 0.100. The fourth-order valence-electron chi connectivity index (χ4n) is 3.97. The second-order valence-electron chi connectivity index (χ2n) is 7.03. The molecule has 2 unspecified atom stereocenters. The van der Waals surface area contributed by atoms with E-state index in [1.807, 2.05) is 0 Å². The summed E-state index contributed by atoms with van der Waals surface area (Å²) in [6.07, 6.45) is 6.60. The molecule has 1 aliphatic carbocycles. The van der Waals surface area contributed by atoms with Gasteiger partial charge in [0.15, 0.2) is 0 Å². The molecule has 0 amide bonds. The van der Waals surface area contributed by atoms with E-state index < -0.39 is 0 Å². The summed E-state index contributed by atoms with van der Waals surface area (Å²) >= 11 is 0. The number of hydrogen-bond donors (Lipinski definition) is 1. The van der Waals surface area contributed by atoms with Gasteiger partial charge in [-0.15, -0.1) is 0 Å². The third-order valence-electron chi connectivity index (χ3n) is 5.16. The van der Waals surface area contributed by atoms with Gasteiger partial charge in [0, 0.05) is 24.7 Å². The molecule has 2 atom stereocenters. The summed E-state index contributed by atoms with van der Waals surface area (Å²) in [6, 6.07) is 2.82. The van der Waals surface area contributed by atoms with Gasteiger partial charge in [0.05, 0.1) is 5.69 Å². The largest absolute Gasteiger partial charge is 0.316 e. The molecule has 1 aromatic heterocycles. The van der Waals surface area contributed by atoms with Gasteiger partial charge < -0.3 is 5.32 Å². The Morgan fingerprint density at radius 3 is 2.80 bits per heavy atom. The van der Waals surface area contributed by atoms with Gasteiger partial charge in [-0.25, -0.2) is 0 Å². The van der Waals surface area contributed by atoms with Crippen molar-refractivity contribution >= 4 is 0 Å². The SMILES string of the molecule is CCn1nc(C)cc1CC(NC)C1CCCCC1(C)C. The third kappa shape index (κ3) is 3.25. The molecule has 0 spiro atoms. The molecule has 0 bridgehead atoms. The van der Waals surface area contributed by atoms with E-state index in [2.05, 4.69) is 55.9 Å². The summed E-state index contributed by atoms with van der Waals surface area (Å²) < 4.78 is 2.16. The van der Waals surface area contributed by atoms with E-state index in [9.17, 15) is 0 Å². The number of aromatic nitrogens is 2. The highest BCUT2D eigenvalue weighted by atomic mass is 15.3. The average molecular weight is 277 g/mol. The van der Waals surface area contributed by atoms with E-state index in [0.29, 0.717) is 11.5 Å². The zero-order valence-corrected chi connectivity index (χ0v) is 13.9. The first kappa shape index (κ1) is 15.6. The smallest absolute Gasteiger partial charge is 0.0596 e. The van der Waals surface area contributed by atoms with Crippen LogP contribution >= 0.6 is 0 Å². The van der Waals surface area contributed by atoms with Gasteiger partial charge in [0.2, 0.25) is 0 Å². The Bertz CT molecular complexity index is 433. The normalized spacial score (nSPS) is 23.8. The van der Waals surface area contributed by atoms with Gasteiger partial charge >= 0.3 is 0 Å². The second kappa shape index (κ2) is 6.30. The molecule has 20 heavy (non-hydrogen) atoms. The lowest BCUT2D eigenvalue weighted by Crippen LogP contribution is -2.45. The summed E-state index contributed by atoms with van der Waals surface area (Å²) in [4.78, 5) is 0. The van der Waals surface area contributed by atoms with E-state index >= 15 is 0 Å². The van der Waals surface area contributed by atoms with Crippen LogP contribution in [0.2, 0.25) is 0 Å². The molecule has 0 radical (unpaired) electrons. The predicted molar refractivity (Wildman–Crippen MR) is 84.9 cm³/mol. The van der Waals surface area contributed by atoms with Crippen molar-refractivity contribution in [3.63, 3.8) is 0 Å². The first-order valence-corrected chi connectivity index (χ1v) is 8.18. The molecule has 0 aromatic carbocycles. The lowest BCUT2D eigenvalue weighted by Gasteiger charge is -2.43. The van der Waals surface area contributed by atoms with Crippen molar-refractivity contribution in [2.45, 2.75) is 72.4 Å². The van der Waals surface area contributed by atoms with Crippen LogP contribution in [0.25, 0.3) is 0 Å². The molecule has 1 aromatic rings. The van der Waals surface area contributed by atoms with Gasteiger partial charge in [-0.3, -0.25) is 4.68 Å². The molecule has 1 N–H and O–H groups in total. The maximum Gasteiger partial charge on any atom is 0.0596 e. The number of rotatable bonds is 5. The topological polar surface area (TPSA) is 29.9 Å². The zero-order chi connectivity index (χ0) is 14.8. The molecule has 0 saturated heterocycles. The van der Waals surface area contributed by atoms with Crippen LogP contribution in [0, 0.1) is 18.3 Å². The first-order valence-electron chi connectivity index (χ1n) is 8.18. The van der Waals surface area contributed by atoms with Crippen molar-refractivity contribution in [2.24, 2.45) is 11.3 Å². The van der Waals surface area contributed by atoms with E-state index in [1.54, 1.807) is 0 Å². The molecule has 3 heteroatoms. The van der Waals surface area contributed by atoms with Crippen LogP contribution in [-0.2, 0) is 13.0 Å². The first-order chi connectivity index (χ1) is 9.47. The molecule has 1 saturated carbocycles. The van der Waals surface area contributed by atoms with E-state index in [1.165, 1.54) is 31.4 Å². The van der Waals surface area contributed by atoms with Crippen LogP contribution in [0.4, 0.5) is 0 Å². The number of hydrogen-bond acceptors (Lipinski definition) is 2. The Morgan fingerprint density at radius 1 is 1.45 bits per heavy atom. The summed E-state index contributed by atoms with van der Waals surface area (Å²) in [6.45, 7) is 10.1. The van der Waals surface area contributed by atoms with Gasteiger partial charge in [-0.05, 0) is 51.1 Å². The number of nitrogens with zero attached hydrogens (tertiary/aromatic N) is 2. The van der Waals surface area contributed by atoms with Crippen molar-refractivity contribution in [1.82, 2.24) is 15.1 Å². The Kier molecular flexibility index (Phi) is 4.90. The Hall–Kier alpha value is -0.830. The van der Waals surface area contributed by atoms with Crippen LogP contribution in [-0.4, -0.2) is 22.9 Å². The average Bonchev–Trinajstić information content (AvgIpc) is 2.76. The quantitative estimate of drug-likeness (QED) is 0.892. The standard InChI is InChI=1S/C17H31N3/c1-6-20-14(11-13(2)19-20)12-16(18-5)15-9-7-8-10-17(15,3)4/h11,15-16,18H,6-10,12H2,1-5H3. The molecule has 3 nitrogen and oxygen atoms in total. The van der Waals surface area contributed by atoms with Crippen LogP contribution in [0.5, 0.6) is 0 Å². The van der Waals surface area contributed by atoms with Gasteiger partial charge in [0.25, 0.3) is 0 Å². The highest BCUT2D eigenvalue weighted by Crippen LogP contribution is 2.42. The summed E-state index contributed by atoms with van der Waals surface area (Å²) in [7, 11) is 2.12. The zero-order valence-electron chi connectivity index (χ0n) is 13.9. The minimum atomic E-state index is 0.456. The van der Waals surface area contributed by atoms with Crippen LogP contribution in [0.3, 0.4) is 0 Å². The van der Waals surface area contributed by atoms with E-state index in [-0.39, 0.29) is 0 Å². The highest BCUT2D eigenvalue weighted by molar-refractivity contribution is 5.11. The maximum atomic E-state index is 4.59. The van der Waals surface area contributed by atoms with Crippen molar-refractivity contribution in [3.05, 3.63) is 17.5 Å². The molecule has 2 rings (SSSR count). The molecule has 1 aliphatic rings.